The molecule has 0 radical (unpaired) electrons. The molecule has 0 spiro atoms. The standard InChI is InChI=1S/C19H21N7O2/c27-18-9-15(26-20-6-7-21-26)1-2-16(18)17-3-4-19(24-23-17)25-8-5-13(10-25)22-14-11-28-12-14/h1-4,6-7,9,13-14,22,27H,5,8,10-12H2/t13-/m1/s1. The van der Waals surface area contributed by atoms with Crippen molar-refractivity contribution in [3.8, 4) is 22.7 Å². The lowest BCUT2D eigenvalue weighted by atomic mass is 10.1. The third kappa shape index (κ3) is 3.30. The summed E-state index contributed by atoms with van der Waals surface area (Å²) in [6.45, 7) is 3.49. The maximum absolute atomic E-state index is 10.4. The van der Waals surface area contributed by atoms with Gasteiger partial charge in [0.2, 0.25) is 0 Å². The summed E-state index contributed by atoms with van der Waals surface area (Å²) in [5, 5.41) is 30.9. The van der Waals surface area contributed by atoms with Gasteiger partial charge in [0.15, 0.2) is 5.82 Å². The summed E-state index contributed by atoms with van der Waals surface area (Å²) in [7, 11) is 0. The molecule has 3 aromatic rings. The maximum atomic E-state index is 10.4. The molecule has 4 heterocycles. The van der Waals surface area contributed by atoms with Gasteiger partial charge >= 0.3 is 0 Å². The fourth-order valence-electron chi connectivity index (χ4n) is 3.62. The Morgan fingerprint density at radius 1 is 1.04 bits per heavy atom. The first-order valence-corrected chi connectivity index (χ1v) is 9.39. The predicted octanol–water partition coefficient (Wildman–Crippen LogP) is 0.997. The molecule has 1 atom stereocenters. The number of anilines is 1. The second-order valence-corrected chi connectivity index (χ2v) is 7.13. The van der Waals surface area contributed by atoms with Crippen LogP contribution in [0.25, 0.3) is 16.9 Å². The third-order valence-electron chi connectivity index (χ3n) is 5.18. The van der Waals surface area contributed by atoms with Crippen molar-refractivity contribution in [1.29, 1.82) is 0 Å². The molecule has 9 heteroatoms. The molecule has 2 aliphatic heterocycles. The van der Waals surface area contributed by atoms with Crippen LogP contribution in [0.2, 0.25) is 0 Å². The van der Waals surface area contributed by atoms with E-state index in [4.69, 9.17) is 4.74 Å². The second-order valence-electron chi connectivity index (χ2n) is 7.13. The van der Waals surface area contributed by atoms with Crippen molar-refractivity contribution in [1.82, 2.24) is 30.5 Å². The normalized spacial score (nSPS) is 19.7. The van der Waals surface area contributed by atoms with Crippen molar-refractivity contribution in [2.75, 3.05) is 31.2 Å². The fraction of sp³-hybridized carbons (Fsp3) is 0.368. The first-order chi connectivity index (χ1) is 13.8. The van der Waals surface area contributed by atoms with Gasteiger partial charge in [-0.25, -0.2) is 0 Å². The SMILES string of the molecule is Oc1cc(-n2nccn2)ccc1-c1ccc(N2CC[C@@H](NC3COC3)C2)nn1. The first kappa shape index (κ1) is 17.1. The van der Waals surface area contributed by atoms with Gasteiger partial charge in [-0.15, -0.1) is 10.2 Å². The molecular formula is C19H21N7O2. The highest BCUT2D eigenvalue weighted by Crippen LogP contribution is 2.30. The van der Waals surface area contributed by atoms with Gasteiger partial charge < -0.3 is 20.1 Å². The van der Waals surface area contributed by atoms with Crippen LogP contribution in [0.1, 0.15) is 6.42 Å². The van der Waals surface area contributed by atoms with Crippen LogP contribution in [0.4, 0.5) is 5.82 Å². The van der Waals surface area contributed by atoms with Gasteiger partial charge in [0.25, 0.3) is 0 Å². The molecule has 28 heavy (non-hydrogen) atoms. The summed E-state index contributed by atoms with van der Waals surface area (Å²) in [4.78, 5) is 3.69. The van der Waals surface area contributed by atoms with Crippen LogP contribution < -0.4 is 10.2 Å². The van der Waals surface area contributed by atoms with Crippen molar-refractivity contribution in [2.24, 2.45) is 0 Å². The van der Waals surface area contributed by atoms with Crippen LogP contribution in [0.5, 0.6) is 5.75 Å². The Morgan fingerprint density at radius 2 is 1.89 bits per heavy atom. The number of aromatic hydroxyl groups is 1. The lowest BCUT2D eigenvalue weighted by molar-refractivity contribution is -0.00895. The van der Waals surface area contributed by atoms with E-state index in [0.29, 0.717) is 29.0 Å². The fourth-order valence-corrected chi connectivity index (χ4v) is 3.62. The molecular weight excluding hydrogens is 358 g/mol. The Labute approximate surface area is 162 Å². The number of nitrogens with zero attached hydrogens (tertiary/aromatic N) is 6. The van der Waals surface area contributed by atoms with Crippen LogP contribution in [0, 0.1) is 0 Å². The molecule has 1 aromatic carbocycles. The molecule has 144 valence electrons. The molecule has 2 fully saturated rings. The Balaban J connectivity index is 1.29. The molecule has 5 rings (SSSR count). The molecule has 0 unspecified atom stereocenters. The number of ether oxygens (including phenoxy) is 1. The van der Waals surface area contributed by atoms with E-state index in [-0.39, 0.29) is 5.75 Å². The Hall–Kier alpha value is -3.04. The average molecular weight is 379 g/mol. The number of hydrogen-bond acceptors (Lipinski definition) is 8. The molecule has 2 saturated heterocycles. The number of hydrogen-bond donors (Lipinski definition) is 2. The topological polar surface area (TPSA) is 101 Å². The molecule has 2 aliphatic rings. The minimum atomic E-state index is 0.116. The number of nitrogens with one attached hydrogen (secondary N) is 1. The molecule has 2 aromatic heterocycles. The van der Waals surface area contributed by atoms with Crippen LogP contribution in [0.3, 0.4) is 0 Å². The maximum Gasteiger partial charge on any atom is 0.151 e. The smallest absolute Gasteiger partial charge is 0.151 e. The van der Waals surface area contributed by atoms with E-state index >= 15 is 0 Å². The zero-order chi connectivity index (χ0) is 18.9. The van der Waals surface area contributed by atoms with Gasteiger partial charge in [0.1, 0.15) is 5.75 Å². The highest BCUT2D eigenvalue weighted by molar-refractivity contribution is 5.68. The van der Waals surface area contributed by atoms with E-state index in [9.17, 15) is 5.11 Å². The largest absolute Gasteiger partial charge is 0.507 e. The van der Waals surface area contributed by atoms with Crippen molar-refractivity contribution < 1.29 is 9.84 Å². The first-order valence-electron chi connectivity index (χ1n) is 9.39. The van der Waals surface area contributed by atoms with E-state index in [0.717, 1.165) is 38.5 Å². The van der Waals surface area contributed by atoms with Gasteiger partial charge in [-0.1, -0.05) is 0 Å². The van der Waals surface area contributed by atoms with Crippen LogP contribution in [-0.2, 0) is 4.74 Å². The lowest BCUT2D eigenvalue weighted by Gasteiger charge is -2.30. The monoisotopic (exact) mass is 379 g/mol. The van der Waals surface area contributed by atoms with Gasteiger partial charge in [-0.05, 0) is 30.7 Å². The number of phenols is 1. The minimum Gasteiger partial charge on any atom is -0.507 e. The summed E-state index contributed by atoms with van der Waals surface area (Å²) in [6.07, 6.45) is 4.27. The van der Waals surface area contributed by atoms with Gasteiger partial charge in [-0.3, -0.25) is 0 Å². The van der Waals surface area contributed by atoms with E-state index in [2.05, 4.69) is 30.6 Å². The second kappa shape index (κ2) is 7.17. The van der Waals surface area contributed by atoms with Crippen molar-refractivity contribution in [3.05, 3.63) is 42.7 Å². The molecule has 0 amide bonds. The molecule has 9 nitrogen and oxygen atoms in total. The zero-order valence-electron chi connectivity index (χ0n) is 15.3. The Bertz CT molecular complexity index is 941. The van der Waals surface area contributed by atoms with E-state index < -0.39 is 0 Å². The van der Waals surface area contributed by atoms with Gasteiger partial charge in [-0.2, -0.15) is 15.0 Å². The van der Waals surface area contributed by atoms with Crippen LogP contribution in [0.15, 0.2) is 42.7 Å². The Kier molecular flexibility index (Phi) is 4.38. The highest BCUT2D eigenvalue weighted by Gasteiger charge is 2.28. The number of phenolic OH excluding ortho intramolecular Hbond substituents is 1. The van der Waals surface area contributed by atoms with Gasteiger partial charge in [0.05, 0.1) is 43.0 Å². The molecule has 0 bridgehead atoms. The number of rotatable bonds is 5. The molecule has 0 aliphatic carbocycles. The molecule has 0 saturated carbocycles. The van der Waals surface area contributed by atoms with Crippen molar-refractivity contribution in [2.45, 2.75) is 18.5 Å². The highest BCUT2D eigenvalue weighted by atomic mass is 16.5. The average Bonchev–Trinajstić information content (AvgIpc) is 3.37. The summed E-state index contributed by atoms with van der Waals surface area (Å²) >= 11 is 0. The van der Waals surface area contributed by atoms with Gasteiger partial charge in [0, 0.05) is 30.8 Å². The summed E-state index contributed by atoms with van der Waals surface area (Å²) in [6, 6.07) is 10.1. The van der Waals surface area contributed by atoms with E-state index in [1.807, 2.05) is 18.2 Å². The van der Waals surface area contributed by atoms with Crippen LogP contribution in [-0.4, -0.2) is 68.7 Å². The van der Waals surface area contributed by atoms with Crippen molar-refractivity contribution in [3.63, 3.8) is 0 Å². The Morgan fingerprint density at radius 3 is 2.57 bits per heavy atom. The summed E-state index contributed by atoms with van der Waals surface area (Å²) < 4.78 is 5.22. The predicted molar refractivity (Wildman–Crippen MR) is 102 cm³/mol. The summed E-state index contributed by atoms with van der Waals surface area (Å²) in [5.74, 6) is 0.972. The summed E-state index contributed by atoms with van der Waals surface area (Å²) in [5.41, 5.74) is 1.94. The number of benzene rings is 1. The lowest BCUT2D eigenvalue weighted by Crippen LogP contribution is -2.51. The van der Waals surface area contributed by atoms with Crippen LogP contribution >= 0.6 is 0 Å². The van der Waals surface area contributed by atoms with E-state index in [1.54, 1.807) is 24.5 Å². The van der Waals surface area contributed by atoms with Crippen molar-refractivity contribution >= 4 is 5.82 Å². The van der Waals surface area contributed by atoms with E-state index in [1.165, 1.54) is 4.80 Å². The minimum absolute atomic E-state index is 0.116. The molecule has 2 N–H and O–H groups in total. The number of aromatic nitrogens is 5. The zero-order valence-corrected chi connectivity index (χ0v) is 15.3. The third-order valence-corrected chi connectivity index (χ3v) is 5.18. The quantitative estimate of drug-likeness (QED) is 0.677.